The van der Waals surface area contributed by atoms with Crippen LogP contribution in [0.3, 0.4) is 0 Å². The number of rotatable bonds is 3. The first-order chi connectivity index (χ1) is 7.77. The van der Waals surface area contributed by atoms with E-state index >= 15 is 0 Å². The molecule has 0 saturated heterocycles. The Morgan fingerprint density at radius 2 is 2.25 bits per heavy atom. The second kappa shape index (κ2) is 4.61. The summed E-state index contributed by atoms with van der Waals surface area (Å²) < 4.78 is 5.00. The van der Waals surface area contributed by atoms with Crippen LogP contribution in [0.4, 0.5) is 0 Å². The number of furan rings is 1. The Morgan fingerprint density at radius 3 is 2.88 bits per heavy atom. The van der Waals surface area contributed by atoms with E-state index in [0.717, 1.165) is 5.69 Å². The van der Waals surface area contributed by atoms with Gasteiger partial charge >= 0.3 is 0 Å². The molecule has 4 nitrogen and oxygen atoms in total. The van der Waals surface area contributed by atoms with E-state index in [4.69, 9.17) is 4.42 Å². The van der Waals surface area contributed by atoms with Gasteiger partial charge in [-0.1, -0.05) is 6.07 Å². The van der Waals surface area contributed by atoms with Gasteiger partial charge in [-0.15, -0.1) is 0 Å². The molecule has 82 valence electrons. The zero-order chi connectivity index (χ0) is 11.4. The second-order valence-corrected chi connectivity index (χ2v) is 3.43. The molecule has 0 saturated carbocycles. The lowest BCUT2D eigenvalue weighted by Crippen LogP contribution is -2.26. The highest BCUT2D eigenvalue weighted by atomic mass is 16.3. The Hall–Kier alpha value is -2.10. The summed E-state index contributed by atoms with van der Waals surface area (Å²) in [5, 5.41) is 2.80. The van der Waals surface area contributed by atoms with Gasteiger partial charge in [-0.2, -0.15) is 0 Å². The minimum absolute atomic E-state index is 0.140. The molecule has 0 radical (unpaired) electrons. The van der Waals surface area contributed by atoms with Crippen molar-refractivity contribution in [3.63, 3.8) is 0 Å². The van der Waals surface area contributed by atoms with Crippen LogP contribution in [-0.4, -0.2) is 10.9 Å². The fraction of sp³-hybridized carbons (Fsp3) is 0.167. The fourth-order valence-corrected chi connectivity index (χ4v) is 1.38. The van der Waals surface area contributed by atoms with Gasteiger partial charge in [0.25, 0.3) is 5.91 Å². The molecular formula is C12H12N2O2. The van der Waals surface area contributed by atoms with Crippen molar-refractivity contribution in [3.8, 4) is 0 Å². The second-order valence-electron chi connectivity index (χ2n) is 3.43. The Labute approximate surface area is 93.3 Å². The molecule has 0 aliphatic rings. The Kier molecular flexibility index (Phi) is 3.00. The number of hydrogen-bond donors (Lipinski definition) is 1. The largest absolute Gasteiger partial charge is 0.459 e. The molecule has 0 aliphatic carbocycles. The lowest BCUT2D eigenvalue weighted by atomic mass is 10.2. The van der Waals surface area contributed by atoms with Crippen LogP contribution in [0.15, 0.2) is 47.2 Å². The topological polar surface area (TPSA) is 55.1 Å². The highest BCUT2D eigenvalue weighted by Gasteiger charge is 2.13. The third kappa shape index (κ3) is 2.28. The van der Waals surface area contributed by atoms with Crippen LogP contribution in [0.2, 0.25) is 0 Å². The van der Waals surface area contributed by atoms with Crippen molar-refractivity contribution >= 4 is 5.91 Å². The summed E-state index contributed by atoms with van der Waals surface area (Å²) in [6, 6.07) is 8.76. The minimum atomic E-state index is -0.233. The van der Waals surface area contributed by atoms with Crippen LogP contribution in [0, 0.1) is 0 Å². The van der Waals surface area contributed by atoms with Gasteiger partial charge in [-0.05, 0) is 31.2 Å². The van der Waals surface area contributed by atoms with Gasteiger partial charge in [0, 0.05) is 6.20 Å². The zero-order valence-corrected chi connectivity index (χ0v) is 8.88. The SMILES string of the molecule is C[C@@H](NC(=O)c1ccco1)c1ccccn1. The number of hydrogen-bond acceptors (Lipinski definition) is 3. The maximum Gasteiger partial charge on any atom is 0.287 e. The van der Waals surface area contributed by atoms with E-state index in [1.165, 1.54) is 6.26 Å². The zero-order valence-electron chi connectivity index (χ0n) is 8.88. The number of carbonyl (C=O) groups is 1. The summed E-state index contributed by atoms with van der Waals surface area (Å²) in [6.07, 6.45) is 3.17. The Morgan fingerprint density at radius 1 is 1.38 bits per heavy atom. The van der Waals surface area contributed by atoms with Crippen LogP contribution >= 0.6 is 0 Å². The van der Waals surface area contributed by atoms with Crippen LogP contribution in [0.5, 0.6) is 0 Å². The molecule has 0 spiro atoms. The van der Waals surface area contributed by atoms with Gasteiger partial charge in [0.1, 0.15) is 0 Å². The molecule has 0 aliphatic heterocycles. The van der Waals surface area contributed by atoms with E-state index in [1.807, 2.05) is 25.1 Å². The van der Waals surface area contributed by atoms with Crippen LogP contribution in [0.1, 0.15) is 29.2 Å². The molecule has 1 N–H and O–H groups in total. The number of nitrogens with zero attached hydrogens (tertiary/aromatic N) is 1. The molecule has 2 aromatic rings. The quantitative estimate of drug-likeness (QED) is 0.855. The average Bonchev–Trinajstić information content (AvgIpc) is 2.83. The van der Waals surface area contributed by atoms with Crippen LogP contribution in [-0.2, 0) is 0 Å². The van der Waals surface area contributed by atoms with Gasteiger partial charge in [-0.3, -0.25) is 9.78 Å². The highest BCUT2D eigenvalue weighted by Crippen LogP contribution is 2.09. The van der Waals surface area contributed by atoms with E-state index in [-0.39, 0.29) is 11.9 Å². The standard InChI is InChI=1S/C12H12N2O2/c1-9(10-5-2-3-7-13-10)14-12(15)11-6-4-8-16-11/h2-9H,1H3,(H,14,15)/t9-/m1/s1. The third-order valence-electron chi connectivity index (χ3n) is 2.22. The normalized spacial score (nSPS) is 12.1. The summed E-state index contributed by atoms with van der Waals surface area (Å²) in [5.74, 6) is 0.0749. The van der Waals surface area contributed by atoms with E-state index in [2.05, 4.69) is 10.3 Å². The number of aromatic nitrogens is 1. The molecule has 1 atom stereocenters. The van der Waals surface area contributed by atoms with Crippen molar-refractivity contribution in [2.24, 2.45) is 0 Å². The Balaban J connectivity index is 2.03. The molecule has 2 aromatic heterocycles. The van der Waals surface area contributed by atoms with E-state index < -0.39 is 0 Å². The van der Waals surface area contributed by atoms with Gasteiger partial charge in [0.05, 0.1) is 18.0 Å². The summed E-state index contributed by atoms with van der Waals surface area (Å²) in [5.41, 5.74) is 0.822. The van der Waals surface area contributed by atoms with Crippen molar-refractivity contribution < 1.29 is 9.21 Å². The van der Waals surface area contributed by atoms with Gasteiger partial charge in [0.2, 0.25) is 0 Å². The number of amides is 1. The number of nitrogens with one attached hydrogen (secondary N) is 1. The van der Waals surface area contributed by atoms with Gasteiger partial charge in [0.15, 0.2) is 5.76 Å². The van der Waals surface area contributed by atoms with E-state index in [0.29, 0.717) is 5.76 Å². The predicted octanol–water partition coefficient (Wildman–Crippen LogP) is 2.17. The van der Waals surface area contributed by atoms with E-state index in [9.17, 15) is 4.79 Å². The molecule has 0 bridgehead atoms. The summed E-state index contributed by atoms with van der Waals surface area (Å²) >= 11 is 0. The Bertz CT molecular complexity index is 451. The molecule has 1 amide bonds. The predicted molar refractivity (Wildman–Crippen MR) is 58.8 cm³/mol. The number of pyridine rings is 1. The molecule has 0 aromatic carbocycles. The van der Waals surface area contributed by atoms with Crippen molar-refractivity contribution in [3.05, 3.63) is 54.2 Å². The molecule has 0 unspecified atom stereocenters. The summed E-state index contributed by atoms with van der Waals surface area (Å²) in [6.45, 7) is 1.88. The monoisotopic (exact) mass is 216 g/mol. The molecule has 16 heavy (non-hydrogen) atoms. The van der Waals surface area contributed by atoms with Gasteiger partial charge < -0.3 is 9.73 Å². The fourth-order valence-electron chi connectivity index (χ4n) is 1.38. The molecule has 0 fully saturated rings. The van der Waals surface area contributed by atoms with Crippen molar-refractivity contribution in [1.82, 2.24) is 10.3 Å². The van der Waals surface area contributed by atoms with Crippen LogP contribution < -0.4 is 5.32 Å². The average molecular weight is 216 g/mol. The minimum Gasteiger partial charge on any atom is -0.459 e. The van der Waals surface area contributed by atoms with Crippen molar-refractivity contribution in [2.45, 2.75) is 13.0 Å². The molecular weight excluding hydrogens is 204 g/mol. The molecule has 4 heteroatoms. The first-order valence-electron chi connectivity index (χ1n) is 5.02. The molecule has 2 rings (SSSR count). The first kappa shape index (κ1) is 10.4. The first-order valence-corrected chi connectivity index (χ1v) is 5.02. The highest BCUT2D eigenvalue weighted by molar-refractivity contribution is 5.91. The molecule has 2 heterocycles. The van der Waals surface area contributed by atoms with E-state index in [1.54, 1.807) is 18.3 Å². The van der Waals surface area contributed by atoms with Gasteiger partial charge in [-0.25, -0.2) is 0 Å². The number of carbonyl (C=O) groups excluding carboxylic acids is 1. The van der Waals surface area contributed by atoms with Crippen molar-refractivity contribution in [1.29, 1.82) is 0 Å². The third-order valence-corrected chi connectivity index (χ3v) is 2.22. The smallest absolute Gasteiger partial charge is 0.287 e. The maximum absolute atomic E-state index is 11.7. The lowest BCUT2D eigenvalue weighted by Gasteiger charge is -2.11. The van der Waals surface area contributed by atoms with Crippen LogP contribution in [0.25, 0.3) is 0 Å². The lowest BCUT2D eigenvalue weighted by molar-refractivity contribution is 0.0911. The maximum atomic E-state index is 11.7. The summed E-state index contributed by atoms with van der Waals surface area (Å²) in [7, 11) is 0. The summed E-state index contributed by atoms with van der Waals surface area (Å²) in [4.78, 5) is 15.8. The van der Waals surface area contributed by atoms with Crippen molar-refractivity contribution in [2.75, 3.05) is 0 Å².